The van der Waals surface area contributed by atoms with E-state index in [1.165, 1.54) is 22.8 Å². The summed E-state index contributed by atoms with van der Waals surface area (Å²) >= 11 is 0. The van der Waals surface area contributed by atoms with Gasteiger partial charge < -0.3 is 0 Å². The van der Waals surface area contributed by atoms with E-state index in [9.17, 15) is 4.79 Å². The van der Waals surface area contributed by atoms with Crippen LogP contribution in [0.25, 0.3) is 0 Å². The van der Waals surface area contributed by atoms with E-state index in [1.54, 1.807) is 0 Å². The molecule has 0 spiro atoms. The molecule has 1 aliphatic heterocycles. The lowest BCUT2D eigenvalue weighted by Gasteiger charge is -2.33. The highest BCUT2D eigenvalue weighted by atomic mass is 16.1. The zero-order chi connectivity index (χ0) is 14.7. The van der Waals surface area contributed by atoms with E-state index in [0.717, 1.165) is 5.56 Å². The normalized spacial score (nSPS) is 16.2. The van der Waals surface area contributed by atoms with E-state index in [0.29, 0.717) is 6.54 Å². The van der Waals surface area contributed by atoms with Crippen molar-refractivity contribution in [3.8, 4) is 0 Å². The lowest BCUT2D eigenvalue weighted by molar-refractivity contribution is 0.260. The fourth-order valence-electron chi connectivity index (χ4n) is 2.62. The zero-order valence-corrected chi connectivity index (χ0v) is 11.9. The first kappa shape index (κ1) is 13.3. The second-order valence-corrected chi connectivity index (χ2v) is 5.13. The molecule has 1 aliphatic rings. The van der Waals surface area contributed by atoms with Gasteiger partial charge >= 0.3 is 0 Å². The van der Waals surface area contributed by atoms with Crippen molar-refractivity contribution in [1.82, 2.24) is 5.01 Å². The highest BCUT2D eigenvalue weighted by molar-refractivity contribution is 5.83. The Bertz CT molecular complexity index is 712. The Labute approximate surface area is 124 Å². The third-order valence-corrected chi connectivity index (χ3v) is 3.69. The van der Waals surface area contributed by atoms with Gasteiger partial charge in [-0.25, -0.2) is 4.79 Å². The summed E-state index contributed by atoms with van der Waals surface area (Å²) < 4.78 is 0. The molecule has 1 unspecified atom stereocenters. The quantitative estimate of drug-likeness (QED) is 0.807. The maximum atomic E-state index is 10.5. The molecule has 0 saturated carbocycles. The maximum absolute atomic E-state index is 10.5. The Morgan fingerprint density at radius 1 is 1.19 bits per heavy atom. The molecule has 3 heteroatoms. The van der Waals surface area contributed by atoms with Crippen LogP contribution < -0.4 is 0 Å². The summed E-state index contributed by atoms with van der Waals surface area (Å²) in [4.78, 5) is 10.5. The molecule has 21 heavy (non-hydrogen) atoms. The van der Waals surface area contributed by atoms with Crippen LogP contribution in [0.1, 0.15) is 28.3 Å². The van der Waals surface area contributed by atoms with Gasteiger partial charge in [-0.1, -0.05) is 54.1 Å². The first-order chi connectivity index (χ1) is 10.3. The smallest absolute Gasteiger partial charge is 0.121 e. The Morgan fingerprint density at radius 3 is 2.71 bits per heavy atom. The standard InChI is InChI=1S/C18H16N2O/c1-14-7-9-15(10-8-14)18-17-6-3-2-5-16(17)13-19-20(18)11-4-12-21/h2-10,13,18H,11H2,1H3. The fraction of sp³-hybridized carbons (Fsp3) is 0.167. The lowest BCUT2D eigenvalue weighted by atomic mass is 9.92. The summed E-state index contributed by atoms with van der Waals surface area (Å²) in [6.07, 6.45) is 3.31. The number of carbonyl (C=O) groups excluding carboxylic acids is 1. The molecule has 1 atom stereocenters. The van der Waals surface area contributed by atoms with Crippen LogP contribution in [-0.2, 0) is 4.79 Å². The van der Waals surface area contributed by atoms with Crippen molar-refractivity contribution in [2.45, 2.75) is 13.0 Å². The zero-order valence-electron chi connectivity index (χ0n) is 11.9. The van der Waals surface area contributed by atoms with Gasteiger partial charge in [0.15, 0.2) is 0 Å². The minimum absolute atomic E-state index is 0.0244. The van der Waals surface area contributed by atoms with E-state index in [2.05, 4.69) is 48.4 Å². The minimum atomic E-state index is 0.0244. The third kappa shape index (κ3) is 2.64. The molecule has 104 valence electrons. The molecule has 0 aromatic heterocycles. The number of aryl methyl sites for hydroxylation is 1. The molecule has 0 fully saturated rings. The van der Waals surface area contributed by atoms with Gasteiger partial charge in [0.05, 0.1) is 18.8 Å². The van der Waals surface area contributed by atoms with Crippen LogP contribution in [0.4, 0.5) is 0 Å². The minimum Gasteiger partial charge on any atom is -0.280 e. The summed E-state index contributed by atoms with van der Waals surface area (Å²) in [5.74, 6) is 1.83. The predicted octanol–water partition coefficient (Wildman–Crippen LogP) is 3.12. The topological polar surface area (TPSA) is 32.7 Å². The van der Waals surface area contributed by atoms with Gasteiger partial charge in [-0.05, 0) is 18.1 Å². The van der Waals surface area contributed by atoms with Crippen LogP contribution in [0.3, 0.4) is 0 Å². The van der Waals surface area contributed by atoms with Crippen LogP contribution in [0.5, 0.6) is 0 Å². The summed E-state index contributed by atoms with van der Waals surface area (Å²) in [5, 5.41) is 6.40. The van der Waals surface area contributed by atoms with E-state index < -0.39 is 0 Å². The van der Waals surface area contributed by atoms with Crippen molar-refractivity contribution in [3.05, 3.63) is 76.9 Å². The van der Waals surface area contributed by atoms with Crippen molar-refractivity contribution in [1.29, 1.82) is 0 Å². The SMILES string of the molecule is Cc1ccc(C2c3ccccc3C=NN2CC=C=O)cc1. The summed E-state index contributed by atoms with van der Waals surface area (Å²) in [6.45, 7) is 2.52. The van der Waals surface area contributed by atoms with Gasteiger partial charge in [0.2, 0.25) is 0 Å². The summed E-state index contributed by atoms with van der Waals surface area (Å²) in [6, 6.07) is 16.7. The molecular formula is C18H16N2O. The van der Waals surface area contributed by atoms with Crippen LogP contribution in [0.2, 0.25) is 0 Å². The fourth-order valence-corrected chi connectivity index (χ4v) is 2.62. The molecule has 0 radical (unpaired) electrons. The van der Waals surface area contributed by atoms with Crippen LogP contribution >= 0.6 is 0 Å². The van der Waals surface area contributed by atoms with E-state index in [-0.39, 0.29) is 6.04 Å². The Hall–Kier alpha value is -2.64. The molecule has 0 saturated heterocycles. The number of hydrazone groups is 1. The molecule has 1 heterocycles. The number of benzene rings is 2. The van der Waals surface area contributed by atoms with Gasteiger partial charge in [-0.3, -0.25) is 5.01 Å². The first-order valence-electron chi connectivity index (χ1n) is 6.95. The van der Waals surface area contributed by atoms with Gasteiger partial charge in [-0.2, -0.15) is 5.10 Å². The van der Waals surface area contributed by atoms with Gasteiger partial charge in [0.25, 0.3) is 0 Å². The lowest BCUT2D eigenvalue weighted by Crippen LogP contribution is -2.29. The number of hydrogen-bond acceptors (Lipinski definition) is 3. The highest BCUT2D eigenvalue weighted by Gasteiger charge is 2.25. The second-order valence-electron chi connectivity index (χ2n) is 5.13. The Morgan fingerprint density at radius 2 is 1.95 bits per heavy atom. The van der Waals surface area contributed by atoms with Gasteiger partial charge in [-0.15, -0.1) is 0 Å². The van der Waals surface area contributed by atoms with Crippen molar-refractivity contribution < 1.29 is 4.79 Å². The van der Waals surface area contributed by atoms with E-state index in [1.807, 2.05) is 29.3 Å². The van der Waals surface area contributed by atoms with Crippen molar-refractivity contribution in [3.63, 3.8) is 0 Å². The largest absolute Gasteiger partial charge is 0.280 e. The van der Waals surface area contributed by atoms with Crippen molar-refractivity contribution >= 4 is 12.2 Å². The Balaban J connectivity index is 2.07. The van der Waals surface area contributed by atoms with Crippen LogP contribution in [-0.4, -0.2) is 23.7 Å². The average Bonchev–Trinajstić information content (AvgIpc) is 2.53. The molecule has 0 bridgehead atoms. The summed E-state index contributed by atoms with van der Waals surface area (Å²) in [7, 11) is 0. The number of nitrogens with zero attached hydrogens (tertiary/aromatic N) is 2. The second kappa shape index (κ2) is 5.78. The molecule has 2 aromatic rings. The number of rotatable bonds is 3. The summed E-state index contributed by atoms with van der Waals surface area (Å²) in [5.41, 5.74) is 4.72. The predicted molar refractivity (Wildman–Crippen MR) is 84.0 cm³/mol. The molecule has 0 N–H and O–H groups in total. The van der Waals surface area contributed by atoms with Gasteiger partial charge in [0.1, 0.15) is 5.94 Å². The maximum Gasteiger partial charge on any atom is 0.121 e. The van der Waals surface area contributed by atoms with Crippen molar-refractivity contribution in [2.75, 3.05) is 6.54 Å². The highest BCUT2D eigenvalue weighted by Crippen LogP contribution is 2.33. The van der Waals surface area contributed by atoms with E-state index >= 15 is 0 Å². The van der Waals surface area contributed by atoms with Crippen LogP contribution in [0, 0.1) is 6.92 Å². The van der Waals surface area contributed by atoms with Crippen LogP contribution in [0.15, 0.2) is 59.7 Å². The first-order valence-corrected chi connectivity index (χ1v) is 6.95. The number of fused-ring (bicyclic) bond motifs is 1. The molecule has 0 amide bonds. The molecule has 3 nitrogen and oxygen atoms in total. The molecule has 2 aromatic carbocycles. The van der Waals surface area contributed by atoms with E-state index in [4.69, 9.17) is 0 Å². The molecule has 0 aliphatic carbocycles. The van der Waals surface area contributed by atoms with Crippen molar-refractivity contribution in [2.24, 2.45) is 5.10 Å². The molecular weight excluding hydrogens is 260 g/mol. The Kier molecular flexibility index (Phi) is 3.67. The monoisotopic (exact) mass is 276 g/mol. The van der Waals surface area contributed by atoms with Gasteiger partial charge in [0, 0.05) is 11.6 Å². The molecule has 3 rings (SSSR count). The third-order valence-electron chi connectivity index (χ3n) is 3.69. The average molecular weight is 276 g/mol. The number of hydrogen-bond donors (Lipinski definition) is 0.